The smallest absolute Gasteiger partial charge is 0.133 e. The molecule has 1 saturated carbocycles. The summed E-state index contributed by atoms with van der Waals surface area (Å²) in [6, 6.07) is 9.09. The van der Waals surface area contributed by atoms with Gasteiger partial charge in [-0.15, -0.1) is 0 Å². The van der Waals surface area contributed by atoms with Crippen molar-refractivity contribution in [3.05, 3.63) is 35.4 Å². The van der Waals surface area contributed by atoms with Gasteiger partial charge in [-0.1, -0.05) is 43.5 Å². The number of aliphatic hydroxyl groups excluding tert-OH is 2. The highest BCUT2D eigenvalue weighted by molar-refractivity contribution is 7.96. The van der Waals surface area contributed by atoms with Crippen molar-refractivity contribution in [2.75, 3.05) is 24.7 Å². The van der Waals surface area contributed by atoms with E-state index in [1.807, 2.05) is 0 Å². The molecule has 0 unspecified atom stereocenters. The van der Waals surface area contributed by atoms with E-state index < -0.39 is 0 Å². The van der Waals surface area contributed by atoms with Gasteiger partial charge in [0.1, 0.15) is 17.3 Å². The zero-order chi connectivity index (χ0) is 14.2. The molecule has 2 nitrogen and oxygen atoms in total. The van der Waals surface area contributed by atoms with Gasteiger partial charge in [-0.25, -0.2) is 0 Å². The predicted octanol–water partition coefficient (Wildman–Crippen LogP) is 2.84. The van der Waals surface area contributed by atoms with Gasteiger partial charge < -0.3 is 10.2 Å². The third-order valence-electron chi connectivity index (χ3n) is 4.19. The van der Waals surface area contributed by atoms with Crippen LogP contribution in [0.5, 0.6) is 0 Å². The second-order valence-corrected chi connectivity index (χ2v) is 8.02. The van der Waals surface area contributed by atoms with Crippen LogP contribution in [0.2, 0.25) is 0 Å². The Bertz CT molecular complexity index is 365. The molecule has 20 heavy (non-hydrogen) atoms. The quantitative estimate of drug-likeness (QED) is 0.759. The van der Waals surface area contributed by atoms with Gasteiger partial charge in [-0.2, -0.15) is 0 Å². The Labute approximate surface area is 125 Å². The largest absolute Gasteiger partial charge is 0.391 e. The number of rotatable bonds is 7. The molecule has 0 spiro atoms. The third-order valence-corrected chi connectivity index (χ3v) is 6.45. The van der Waals surface area contributed by atoms with E-state index in [0.29, 0.717) is 0 Å². The van der Waals surface area contributed by atoms with Crippen molar-refractivity contribution >= 4 is 10.9 Å². The molecule has 1 aliphatic carbocycles. The first-order valence-electron chi connectivity index (χ1n) is 7.78. The molecule has 0 heterocycles. The first-order chi connectivity index (χ1) is 9.83. The van der Waals surface area contributed by atoms with Crippen LogP contribution in [0.15, 0.2) is 24.3 Å². The number of benzene rings is 1. The second-order valence-electron chi connectivity index (χ2n) is 5.69. The van der Waals surface area contributed by atoms with Crippen LogP contribution in [-0.2, 0) is 16.6 Å². The van der Waals surface area contributed by atoms with Crippen molar-refractivity contribution in [3.8, 4) is 0 Å². The third kappa shape index (κ3) is 4.80. The van der Waals surface area contributed by atoms with E-state index in [1.54, 1.807) is 0 Å². The van der Waals surface area contributed by atoms with Crippen molar-refractivity contribution in [3.63, 3.8) is 0 Å². The molecule has 0 saturated heterocycles. The lowest BCUT2D eigenvalue weighted by molar-refractivity contribution is 0.316. The maximum absolute atomic E-state index is 9.08. The van der Waals surface area contributed by atoms with Crippen LogP contribution in [0.3, 0.4) is 0 Å². The SMILES string of the molecule is OCC[S+](CCO)Cc1ccc(C2CCCCC2)cc1. The molecule has 0 atom stereocenters. The standard InChI is InChI=1S/C17H27O2S/c18-10-12-20(13-11-19)14-15-6-8-17(9-7-15)16-4-2-1-3-5-16/h6-9,16,18-19H,1-5,10-14H2/q+1. The fourth-order valence-electron chi connectivity index (χ4n) is 3.06. The first-order valence-corrected chi connectivity index (χ1v) is 9.51. The van der Waals surface area contributed by atoms with Gasteiger partial charge in [0, 0.05) is 5.56 Å². The van der Waals surface area contributed by atoms with E-state index >= 15 is 0 Å². The predicted molar refractivity (Wildman–Crippen MR) is 87.2 cm³/mol. The summed E-state index contributed by atoms with van der Waals surface area (Å²) in [5.74, 6) is 3.38. The fraction of sp³-hybridized carbons (Fsp3) is 0.647. The van der Waals surface area contributed by atoms with E-state index in [4.69, 9.17) is 10.2 Å². The summed E-state index contributed by atoms with van der Waals surface area (Å²) in [5.41, 5.74) is 2.84. The summed E-state index contributed by atoms with van der Waals surface area (Å²) >= 11 is 0. The molecule has 0 amide bonds. The van der Waals surface area contributed by atoms with Crippen molar-refractivity contribution < 1.29 is 10.2 Å². The van der Waals surface area contributed by atoms with E-state index in [-0.39, 0.29) is 24.1 Å². The monoisotopic (exact) mass is 295 g/mol. The molecule has 1 aromatic rings. The van der Waals surface area contributed by atoms with Crippen LogP contribution in [0, 0.1) is 0 Å². The van der Waals surface area contributed by atoms with Gasteiger partial charge in [0.2, 0.25) is 0 Å². The van der Waals surface area contributed by atoms with Gasteiger partial charge in [0.05, 0.1) is 13.2 Å². The van der Waals surface area contributed by atoms with Gasteiger partial charge in [-0.3, -0.25) is 0 Å². The highest BCUT2D eigenvalue weighted by Gasteiger charge is 2.19. The van der Waals surface area contributed by atoms with E-state index in [1.165, 1.54) is 43.2 Å². The van der Waals surface area contributed by atoms with E-state index in [9.17, 15) is 0 Å². The molecule has 112 valence electrons. The van der Waals surface area contributed by atoms with Crippen molar-refractivity contribution in [2.24, 2.45) is 0 Å². The van der Waals surface area contributed by atoms with Crippen LogP contribution in [-0.4, -0.2) is 34.9 Å². The summed E-state index contributed by atoms with van der Waals surface area (Å²) < 4.78 is 0. The fourth-order valence-corrected chi connectivity index (χ4v) is 4.74. The van der Waals surface area contributed by atoms with Crippen LogP contribution < -0.4 is 0 Å². The van der Waals surface area contributed by atoms with Crippen LogP contribution in [0.25, 0.3) is 0 Å². The summed E-state index contributed by atoms with van der Waals surface area (Å²) in [6.45, 7) is 0.451. The first kappa shape index (κ1) is 15.9. The summed E-state index contributed by atoms with van der Waals surface area (Å²) in [7, 11) is 0.113. The summed E-state index contributed by atoms with van der Waals surface area (Å²) in [4.78, 5) is 0. The molecule has 3 heteroatoms. The van der Waals surface area contributed by atoms with Crippen molar-refractivity contribution in [1.29, 1.82) is 0 Å². The molecule has 2 rings (SSSR count). The second kappa shape index (κ2) is 8.71. The van der Waals surface area contributed by atoms with Gasteiger partial charge >= 0.3 is 0 Å². The lowest BCUT2D eigenvalue weighted by atomic mass is 9.84. The summed E-state index contributed by atoms with van der Waals surface area (Å²) in [5, 5.41) is 18.2. The normalized spacial score (nSPS) is 16.8. The molecule has 0 bridgehead atoms. The molecule has 0 aliphatic heterocycles. The van der Waals surface area contributed by atoms with Crippen molar-refractivity contribution in [1.82, 2.24) is 0 Å². The highest BCUT2D eigenvalue weighted by Crippen LogP contribution is 2.32. The minimum absolute atomic E-state index is 0.113. The zero-order valence-electron chi connectivity index (χ0n) is 12.3. The Kier molecular flexibility index (Phi) is 6.91. The highest BCUT2D eigenvalue weighted by atomic mass is 32.2. The molecular weight excluding hydrogens is 268 g/mol. The van der Waals surface area contributed by atoms with Gasteiger partial charge in [0.25, 0.3) is 0 Å². The number of hydrogen-bond donors (Lipinski definition) is 2. The molecule has 0 radical (unpaired) electrons. The minimum atomic E-state index is 0.113. The van der Waals surface area contributed by atoms with Gasteiger partial charge in [0.15, 0.2) is 0 Å². The van der Waals surface area contributed by atoms with Crippen LogP contribution >= 0.6 is 0 Å². The average Bonchev–Trinajstić information content (AvgIpc) is 2.49. The average molecular weight is 295 g/mol. The number of hydrogen-bond acceptors (Lipinski definition) is 2. The Morgan fingerprint density at radius 1 is 0.900 bits per heavy atom. The molecule has 1 aromatic carbocycles. The van der Waals surface area contributed by atoms with E-state index in [2.05, 4.69) is 24.3 Å². The number of aliphatic hydroxyl groups is 2. The lowest BCUT2D eigenvalue weighted by Crippen LogP contribution is -2.19. The topological polar surface area (TPSA) is 40.5 Å². The Hall–Kier alpha value is -0.510. The van der Waals surface area contributed by atoms with Gasteiger partial charge in [-0.05, 0) is 35.2 Å². The lowest BCUT2D eigenvalue weighted by Gasteiger charge is -2.22. The molecule has 0 aromatic heterocycles. The maximum Gasteiger partial charge on any atom is 0.133 e. The molecule has 1 aliphatic rings. The Morgan fingerprint density at radius 2 is 1.50 bits per heavy atom. The molecular formula is C17H27O2S+. The van der Waals surface area contributed by atoms with E-state index in [0.717, 1.165) is 23.2 Å². The maximum atomic E-state index is 9.08. The minimum Gasteiger partial charge on any atom is -0.391 e. The van der Waals surface area contributed by atoms with Crippen molar-refractivity contribution in [2.45, 2.75) is 43.8 Å². The molecule has 1 fully saturated rings. The van der Waals surface area contributed by atoms with Crippen LogP contribution in [0.1, 0.15) is 49.1 Å². The Morgan fingerprint density at radius 3 is 2.05 bits per heavy atom. The zero-order valence-corrected chi connectivity index (χ0v) is 13.1. The Balaban J connectivity index is 1.92. The summed E-state index contributed by atoms with van der Waals surface area (Å²) in [6.07, 6.45) is 6.85. The molecule has 2 N–H and O–H groups in total. The van der Waals surface area contributed by atoms with Crippen LogP contribution in [0.4, 0.5) is 0 Å².